The second kappa shape index (κ2) is 5.14. The summed E-state index contributed by atoms with van der Waals surface area (Å²) >= 11 is 3.39. The van der Waals surface area contributed by atoms with E-state index in [4.69, 9.17) is 5.73 Å². The van der Waals surface area contributed by atoms with Crippen LogP contribution in [-0.4, -0.2) is 16.5 Å². The Bertz CT molecular complexity index is 657. The number of aryl methyl sites for hydroxylation is 1. The van der Waals surface area contributed by atoms with Crippen LogP contribution in [0.3, 0.4) is 0 Å². The Labute approximate surface area is 113 Å². The Kier molecular flexibility index (Phi) is 3.36. The third kappa shape index (κ3) is 2.29. The van der Waals surface area contributed by atoms with Gasteiger partial charge in [0.15, 0.2) is 0 Å². The Balaban J connectivity index is 1.90. The van der Waals surface area contributed by atoms with Gasteiger partial charge in [-0.15, -0.1) is 22.7 Å². The number of rotatable bonds is 4. The van der Waals surface area contributed by atoms with E-state index in [0.29, 0.717) is 0 Å². The van der Waals surface area contributed by atoms with E-state index in [2.05, 4.69) is 26.8 Å². The number of thiazole rings is 1. The van der Waals surface area contributed by atoms with Crippen LogP contribution in [0.15, 0.2) is 29.1 Å². The third-order valence-electron chi connectivity index (χ3n) is 2.74. The number of nitrogens with two attached hydrogens (primary N) is 1. The van der Waals surface area contributed by atoms with Gasteiger partial charge >= 0.3 is 0 Å². The quantitative estimate of drug-likeness (QED) is 0.794. The first-order valence-corrected chi connectivity index (χ1v) is 7.61. The molecular weight excluding hydrogens is 262 g/mol. The minimum absolute atomic E-state index is 0.718. The summed E-state index contributed by atoms with van der Waals surface area (Å²) < 4.78 is 1.21. The number of fused-ring (bicyclic) bond motifs is 1. The molecule has 5 heteroatoms. The van der Waals surface area contributed by atoms with Crippen molar-refractivity contribution in [2.24, 2.45) is 5.73 Å². The highest BCUT2D eigenvalue weighted by Gasteiger charge is 2.06. The molecule has 0 spiro atoms. The molecule has 0 saturated heterocycles. The summed E-state index contributed by atoms with van der Waals surface area (Å²) in [4.78, 5) is 9.08. The third-order valence-corrected chi connectivity index (χ3v) is 4.53. The van der Waals surface area contributed by atoms with Crippen LogP contribution in [0.4, 0.5) is 0 Å². The molecule has 0 atom stereocenters. The number of hydrogen-bond donors (Lipinski definition) is 1. The van der Waals surface area contributed by atoms with Crippen molar-refractivity contribution in [3.8, 4) is 10.6 Å². The molecule has 3 nitrogen and oxygen atoms in total. The summed E-state index contributed by atoms with van der Waals surface area (Å²) in [5.41, 5.74) is 8.81. The molecule has 3 rings (SSSR count). The molecule has 2 N–H and O–H groups in total. The van der Waals surface area contributed by atoms with Crippen molar-refractivity contribution in [2.75, 3.05) is 6.54 Å². The van der Waals surface area contributed by atoms with Crippen LogP contribution in [0, 0.1) is 0 Å². The topological polar surface area (TPSA) is 51.8 Å². The van der Waals surface area contributed by atoms with E-state index in [1.807, 2.05) is 12.3 Å². The van der Waals surface area contributed by atoms with Crippen molar-refractivity contribution in [1.29, 1.82) is 0 Å². The standard InChI is InChI=1S/C13H13N3S2/c14-4-1-2-10-8-18-13(16-10)9-6-12-11(15-7-9)3-5-17-12/h3,5-8H,1-2,4,14H2. The molecule has 0 aromatic carbocycles. The lowest BCUT2D eigenvalue weighted by atomic mass is 10.2. The Morgan fingerprint density at radius 3 is 3.11 bits per heavy atom. The molecule has 0 bridgehead atoms. The normalized spacial score (nSPS) is 11.2. The minimum atomic E-state index is 0.718. The zero-order chi connectivity index (χ0) is 12.4. The van der Waals surface area contributed by atoms with Gasteiger partial charge < -0.3 is 5.73 Å². The average Bonchev–Trinajstić information content (AvgIpc) is 3.04. The van der Waals surface area contributed by atoms with E-state index in [1.54, 1.807) is 22.7 Å². The fraction of sp³-hybridized carbons (Fsp3) is 0.231. The van der Waals surface area contributed by atoms with Gasteiger partial charge in [-0.3, -0.25) is 4.98 Å². The van der Waals surface area contributed by atoms with Crippen LogP contribution in [0.25, 0.3) is 20.8 Å². The number of aromatic nitrogens is 2. The van der Waals surface area contributed by atoms with E-state index >= 15 is 0 Å². The second-order valence-electron chi connectivity index (χ2n) is 4.06. The lowest BCUT2D eigenvalue weighted by molar-refractivity contribution is 0.816. The van der Waals surface area contributed by atoms with Gasteiger partial charge in [0, 0.05) is 17.1 Å². The van der Waals surface area contributed by atoms with Gasteiger partial charge in [0.1, 0.15) is 5.01 Å². The highest BCUT2D eigenvalue weighted by Crippen LogP contribution is 2.28. The number of pyridine rings is 1. The van der Waals surface area contributed by atoms with Crippen LogP contribution in [0.5, 0.6) is 0 Å². The SMILES string of the molecule is NCCCc1csc(-c2cnc3ccsc3c2)n1. The van der Waals surface area contributed by atoms with Gasteiger partial charge in [-0.2, -0.15) is 0 Å². The zero-order valence-corrected chi connectivity index (χ0v) is 11.4. The van der Waals surface area contributed by atoms with Crippen LogP contribution in [-0.2, 0) is 6.42 Å². The molecule has 0 radical (unpaired) electrons. The first-order chi connectivity index (χ1) is 8.86. The predicted octanol–water partition coefficient (Wildman–Crippen LogP) is 3.31. The van der Waals surface area contributed by atoms with Crippen molar-refractivity contribution in [1.82, 2.24) is 9.97 Å². The fourth-order valence-electron chi connectivity index (χ4n) is 1.80. The molecule has 3 aromatic rings. The van der Waals surface area contributed by atoms with E-state index in [-0.39, 0.29) is 0 Å². The zero-order valence-electron chi connectivity index (χ0n) is 9.80. The summed E-state index contributed by atoms with van der Waals surface area (Å²) in [6.45, 7) is 0.718. The van der Waals surface area contributed by atoms with Gasteiger partial charge in [-0.1, -0.05) is 0 Å². The van der Waals surface area contributed by atoms with E-state index in [9.17, 15) is 0 Å². The van der Waals surface area contributed by atoms with Crippen LogP contribution in [0.1, 0.15) is 12.1 Å². The Hall–Kier alpha value is -1.30. The molecule has 0 aliphatic carbocycles. The van der Waals surface area contributed by atoms with Gasteiger partial charge in [0.05, 0.1) is 15.9 Å². The highest BCUT2D eigenvalue weighted by molar-refractivity contribution is 7.17. The molecule has 0 unspecified atom stereocenters. The summed E-state index contributed by atoms with van der Waals surface area (Å²) in [6, 6.07) is 4.21. The molecule has 18 heavy (non-hydrogen) atoms. The highest BCUT2D eigenvalue weighted by atomic mass is 32.1. The maximum atomic E-state index is 5.51. The average molecular weight is 275 g/mol. The van der Waals surface area contributed by atoms with Crippen LogP contribution < -0.4 is 5.73 Å². The van der Waals surface area contributed by atoms with Crippen molar-refractivity contribution < 1.29 is 0 Å². The van der Waals surface area contributed by atoms with Crippen molar-refractivity contribution in [2.45, 2.75) is 12.8 Å². The monoisotopic (exact) mass is 275 g/mol. The minimum Gasteiger partial charge on any atom is -0.330 e. The first-order valence-electron chi connectivity index (χ1n) is 5.85. The molecular formula is C13H13N3S2. The number of hydrogen-bond acceptors (Lipinski definition) is 5. The van der Waals surface area contributed by atoms with Crippen LogP contribution in [0.2, 0.25) is 0 Å². The molecule has 0 aliphatic rings. The molecule has 3 aromatic heterocycles. The van der Waals surface area contributed by atoms with Crippen molar-refractivity contribution >= 4 is 32.9 Å². The summed E-state index contributed by atoms with van der Waals surface area (Å²) in [6.07, 6.45) is 3.85. The second-order valence-corrected chi connectivity index (χ2v) is 5.87. The van der Waals surface area contributed by atoms with E-state index in [1.165, 1.54) is 4.70 Å². The number of thiophene rings is 1. The molecule has 0 fully saturated rings. The lowest BCUT2D eigenvalue weighted by Gasteiger charge is -1.96. The Morgan fingerprint density at radius 1 is 1.28 bits per heavy atom. The van der Waals surface area contributed by atoms with Crippen LogP contribution >= 0.6 is 22.7 Å². The van der Waals surface area contributed by atoms with Crippen molar-refractivity contribution in [3.05, 3.63) is 34.8 Å². The summed E-state index contributed by atoms with van der Waals surface area (Å²) in [7, 11) is 0. The maximum Gasteiger partial charge on any atom is 0.125 e. The molecule has 0 saturated carbocycles. The van der Waals surface area contributed by atoms with E-state index < -0.39 is 0 Å². The first kappa shape index (κ1) is 11.8. The van der Waals surface area contributed by atoms with E-state index in [0.717, 1.165) is 41.2 Å². The van der Waals surface area contributed by atoms with Gasteiger partial charge in [0.2, 0.25) is 0 Å². The fourth-order valence-corrected chi connectivity index (χ4v) is 3.42. The Morgan fingerprint density at radius 2 is 2.22 bits per heavy atom. The molecule has 92 valence electrons. The summed E-state index contributed by atoms with van der Waals surface area (Å²) in [5, 5.41) is 5.23. The maximum absolute atomic E-state index is 5.51. The molecule has 0 amide bonds. The van der Waals surface area contributed by atoms with Gasteiger partial charge in [0.25, 0.3) is 0 Å². The molecule has 3 heterocycles. The predicted molar refractivity (Wildman–Crippen MR) is 78.1 cm³/mol. The largest absolute Gasteiger partial charge is 0.330 e. The van der Waals surface area contributed by atoms with Gasteiger partial charge in [-0.05, 0) is 36.9 Å². The summed E-state index contributed by atoms with van der Waals surface area (Å²) in [5.74, 6) is 0. The number of nitrogens with zero attached hydrogens (tertiary/aromatic N) is 2. The van der Waals surface area contributed by atoms with Crippen molar-refractivity contribution in [3.63, 3.8) is 0 Å². The smallest absolute Gasteiger partial charge is 0.125 e. The van der Waals surface area contributed by atoms with Gasteiger partial charge in [-0.25, -0.2) is 4.98 Å². The lowest BCUT2D eigenvalue weighted by Crippen LogP contribution is -2.00. The molecule has 0 aliphatic heterocycles.